The van der Waals surface area contributed by atoms with Crippen molar-refractivity contribution in [3.8, 4) is 5.75 Å². The monoisotopic (exact) mass is 404 g/mol. The Kier molecular flexibility index (Phi) is 10.9. The van der Waals surface area contributed by atoms with Gasteiger partial charge in [0.1, 0.15) is 5.75 Å². The fraction of sp³-hybridized carbons (Fsp3) is 0.696. The highest BCUT2D eigenvalue weighted by atomic mass is 16.5. The molecule has 1 atom stereocenters. The number of benzene rings is 1. The van der Waals surface area contributed by atoms with Crippen LogP contribution in [0.4, 0.5) is 0 Å². The normalized spacial score (nSPS) is 18.1. The fourth-order valence-electron chi connectivity index (χ4n) is 3.57. The molecule has 1 fully saturated rings. The zero-order chi connectivity index (χ0) is 20.9. The topological polar surface area (TPSA) is 58.1 Å². The largest absolute Gasteiger partial charge is 0.497 e. The first-order valence-electron chi connectivity index (χ1n) is 11.1. The number of nitrogens with zero attached hydrogens (tertiary/aromatic N) is 2. The summed E-state index contributed by atoms with van der Waals surface area (Å²) in [5, 5.41) is 7.04. The van der Waals surface area contributed by atoms with E-state index in [0.29, 0.717) is 18.5 Å². The standard InChI is InChI=1S/C23H40N4O2/c1-5-29-15-7-13-24-23(25-16-20-9-11-22(28-4)12-10-20)26-17-21-8-6-14-27(18-21)19(2)3/h9-12,19,21H,5-8,13-18H2,1-4H3,(H2,24,25,26). The maximum absolute atomic E-state index is 5.44. The van der Waals surface area contributed by atoms with E-state index in [0.717, 1.165) is 44.4 Å². The SMILES string of the molecule is CCOCCCNC(=NCc1ccc(OC)cc1)NCC1CCCN(C(C)C)C1. The minimum Gasteiger partial charge on any atom is -0.497 e. The Labute approximate surface area is 177 Å². The van der Waals surface area contributed by atoms with Gasteiger partial charge in [0.25, 0.3) is 0 Å². The molecular weight excluding hydrogens is 364 g/mol. The number of piperidine rings is 1. The van der Waals surface area contributed by atoms with E-state index in [4.69, 9.17) is 14.5 Å². The number of aliphatic imine (C=N–C) groups is 1. The highest BCUT2D eigenvalue weighted by Gasteiger charge is 2.21. The predicted molar refractivity (Wildman–Crippen MR) is 121 cm³/mol. The Morgan fingerprint density at radius 3 is 2.72 bits per heavy atom. The quantitative estimate of drug-likeness (QED) is 0.337. The molecule has 1 aliphatic rings. The first-order chi connectivity index (χ1) is 14.1. The van der Waals surface area contributed by atoms with Crippen LogP contribution in [0.5, 0.6) is 5.75 Å². The summed E-state index contributed by atoms with van der Waals surface area (Å²) in [6, 6.07) is 8.72. The third kappa shape index (κ3) is 9.05. The second-order valence-corrected chi connectivity index (χ2v) is 7.97. The average molecular weight is 405 g/mol. The van der Waals surface area contributed by atoms with Crippen LogP contribution in [0.15, 0.2) is 29.3 Å². The van der Waals surface area contributed by atoms with E-state index in [1.165, 1.54) is 31.5 Å². The number of hydrogen-bond acceptors (Lipinski definition) is 4. The van der Waals surface area contributed by atoms with Gasteiger partial charge in [-0.25, -0.2) is 4.99 Å². The summed E-state index contributed by atoms with van der Waals surface area (Å²) in [4.78, 5) is 7.39. The van der Waals surface area contributed by atoms with Crippen molar-refractivity contribution < 1.29 is 9.47 Å². The van der Waals surface area contributed by atoms with Crippen LogP contribution >= 0.6 is 0 Å². The molecule has 0 amide bonds. The van der Waals surface area contributed by atoms with Crippen molar-refractivity contribution in [2.75, 3.05) is 46.5 Å². The molecular formula is C23H40N4O2. The molecule has 2 N–H and O–H groups in total. The first kappa shape index (κ1) is 23.5. The third-order valence-corrected chi connectivity index (χ3v) is 5.38. The van der Waals surface area contributed by atoms with E-state index in [1.807, 2.05) is 19.1 Å². The minimum atomic E-state index is 0.623. The van der Waals surface area contributed by atoms with E-state index in [-0.39, 0.29) is 0 Å². The van der Waals surface area contributed by atoms with Crippen molar-refractivity contribution >= 4 is 5.96 Å². The molecule has 1 saturated heterocycles. The van der Waals surface area contributed by atoms with Crippen molar-refractivity contribution in [3.05, 3.63) is 29.8 Å². The van der Waals surface area contributed by atoms with E-state index in [9.17, 15) is 0 Å². The van der Waals surface area contributed by atoms with Crippen molar-refractivity contribution in [2.24, 2.45) is 10.9 Å². The molecule has 0 aliphatic carbocycles. The zero-order valence-electron chi connectivity index (χ0n) is 18.7. The molecule has 6 nitrogen and oxygen atoms in total. The number of ether oxygens (including phenoxy) is 2. The lowest BCUT2D eigenvalue weighted by atomic mass is 9.97. The highest BCUT2D eigenvalue weighted by Crippen LogP contribution is 2.17. The molecule has 0 spiro atoms. The maximum Gasteiger partial charge on any atom is 0.191 e. The number of guanidine groups is 1. The Balaban J connectivity index is 1.88. The summed E-state index contributed by atoms with van der Waals surface area (Å²) in [5.41, 5.74) is 1.17. The smallest absolute Gasteiger partial charge is 0.191 e. The van der Waals surface area contributed by atoms with Gasteiger partial charge in [-0.3, -0.25) is 0 Å². The summed E-state index contributed by atoms with van der Waals surface area (Å²) in [6.07, 6.45) is 3.54. The number of nitrogens with one attached hydrogen (secondary N) is 2. The van der Waals surface area contributed by atoms with Crippen LogP contribution in [0.3, 0.4) is 0 Å². The maximum atomic E-state index is 5.44. The van der Waals surface area contributed by atoms with Gasteiger partial charge in [-0.2, -0.15) is 0 Å². The summed E-state index contributed by atoms with van der Waals surface area (Å²) in [6.45, 7) is 13.0. The summed E-state index contributed by atoms with van der Waals surface area (Å²) in [5.74, 6) is 2.43. The number of rotatable bonds is 11. The van der Waals surface area contributed by atoms with Crippen molar-refractivity contribution in [1.29, 1.82) is 0 Å². The Bertz CT molecular complexity index is 589. The molecule has 1 unspecified atom stereocenters. The molecule has 0 bridgehead atoms. The van der Waals surface area contributed by atoms with Crippen LogP contribution in [0.1, 0.15) is 45.6 Å². The van der Waals surface area contributed by atoms with Gasteiger partial charge >= 0.3 is 0 Å². The molecule has 2 rings (SSSR count). The lowest BCUT2D eigenvalue weighted by molar-refractivity contribution is 0.140. The summed E-state index contributed by atoms with van der Waals surface area (Å²) < 4.78 is 10.7. The minimum absolute atomic E-state index is 0.623. The molecule has 0 aromatic heterocycles. The second-order valence-electron chi connectivity index (χ2n) is 7.97. The molecule has 1 heterocycles. The van der Waals surface area contributed by atoms with Crippen LogP contribution in [0, 0.1) is 5.92 Å². The van der Waals surface area contributed by atoms with E-state index >= 15 is 0 Å². The number of likely N-dealkylation sites (tertiary alicyclic amines) is 1. The Morgan fingerprint density at radius 1 is 1.24 bits per heavy atom. The summed E-state index contributed by atoms with van der Waals surface area (Å²) >= 11 is 0. The molecule has 1 aliphatic heterocycles. The Morgan fingerprint density at radius 2 is 2.03 bits per heavy atom. The lowest BCUT2D eigenvalue weighted by Gasteiger charge is -2.35. The third-order valence-electron chi connectivity index (χ3n) is 5.38. The van der Waals surface area contributed by atoms with Gasteiger partial charge in [0.15, 0.2) is 5.96 Å². The van der Waals surface area contributed by atoms with Crippen LogP contribution in [-0.4, -0.2) is 63.4 Å². The fourth-order valence-corrected chi connectivity index (χ4v) is 3.57. The van der Waals surface area contributed by atoms with Gasteiger partial charge in [0.2, 0.25) is 0 Å². The molecule has 6 heteroatoms. The van der Waals surface area contributed by atoms with Crippen molar-refractivity contribution in [3.63, 3.8) is 0 Å². The zero-order valence-corrected chi connectivity index (χ0v) is 18.7. The van der Waals surface area contributed by atoms with Gasteiger partial charge in [-0.05, 0) is 70.2 Å². The van der Waals surface area contributed by atoms with Gasteiger partial charge < -0.3 is 25.0 Å². The molecule has 164 valence electrons. The van der Waals surface area contributed by atoms with E-state index < -0.39 is 0 Å². The molecule has 29 heavy (non-hydrogen) atoms. The lowest BCUT2D eigenvalue weighted by Crippen LogP contribution is -2.46. The van der Waals surface area contributed by atoms with Crippen molar-refractivity contribution in [1.82, 2.24) is 15.5 Å². The van der Waals surface area contributed by atoms with Crippen LogP contribution in [-0.2, 0) is 11.3 Å². The first-order valence-corrected chi connectivity index (χ1v) is 11.1. The van der Waals surface area contributed by atoms with E-state index in [1.54, 1.807) is 7.11 Å². The van der Waals surface area contributed by atoms with Crippen LogP contribution in [0.2, 0.25) is 0 Å². The van der Waals surface area contributed by atoms with Gasteiger partial charge in [0, 0.05) is 38.9 Å². The predicted octanol–water partition coefficient (Wildman–Crippen LogP) is 3.28. The second kappa shape index (κ2) is 13.4. The number of hydrogen-bond donors (Lipinski definition) is 2. The highest BCUT2D eigenvalue weighted by molar-refractivity contribution is 5.79. The van der Waals surface area contributed by atoms with Crippen LogP contribution < -0.4 is 15.4 Å². The van der Waals surface area contributed by atoms with Gasteiger partial charge in [0.05, 0.1) is 13.7 Å². The van der Waals surface area contributed by atoms with Gasteiger partial charge in [-0.15, -0.1) is 0 Å². The molecule has 1 aromatic rings. The number of methoxy groups -OCH3 is 1. The summed E-state index contributed by atoms with van der Waals surface area (Å²) in [7, 11) is 1.69. The molecule has 1 aromatic carbocycles. The average Bonchev–Trinajstić information content (AvgIpc) is 2.75. The molecule has 0 saturated carbocycles. The van der Waals surface area contributed by atoms with E-state index in [2.05, 4.69) is 41.5 Å². The molecule has 0 radical (unpaired) electrons. The Hall–Kier alpha value is -1.79. The van der Waals surface area contributed by atoms with Crippen molar-refractivity contribution in [2.45, 2.75) is 52.6 Å². The van der Waals surface area contributed by atoms with Gasteiger partial charge in [-0.1, -0.05) is 12.1 Å². The van der Waals surface area contributed by atoms with Crippen LogP contribution in [0.25, 0.3) is 0 Å².